The predicted molar refractivity (Wildman–Crippen MR) is 148 cm³/mol. The monoisotopic (exact) mass is 577 g/mol. The molecule has 12 heteroatoms. The predicted octanol–water partition coefficient (Wildman–Crippen LogP) is 3.76. The van der Waals surface area contributed by atoms with Crippen molar-refractivity contribution in [2.24, 2.45) is 0 Å². The number of benzene rings is 2. The molecule has 1 fully saturated rings. The van der Waals surface area contributed by atoms with Crippen LogP contribution in [0.4, 0.5) is 13.2 Å². The third kappa shape index (κ3) is 5.63. The molecule has 1 saturated heterocycles. The van der Waals surface area contributed by atoms with Crippen molar-refractivity contribution in [1.29, 1.82) is 5.26 Å². The molecule has 0 unspecified atom stereocenters. The van der Waals surface area contributed by atoms with E-state index >= 15 is 4.39 Å². The maximum absolute atomic E-state index is 15.1. The van der Waals surface area contributed by atoms with Crippen LogP contribution in [0, 0.1) is 17.1 Å². The van der Waals surface area contributed by atoms with Crippen molar-refractivity contribution >= 4 is 17.3 Å². The highest BCUT2D eigenvalue weighted by Gasteiger charge is 2.26. The van der Waals surface area contributed by atoms with Gasteiger partial charge in [0, 0.05) is 37.0 Å². The molecule has 0 aliphatic carbocycles. The molecule has 2 aromatic carbocycles. The number of nitriles is 1. The van der Waals surface area contributed by atoms with E-state index in [0.29, 0.717) is 42.8 Å². The minimum atomic E-state index is -1.55. The highest BCUT2D eigenvalue weighted by Crippen LogP contribution is 2.28. The Kier molecular flexibility index (Phi) is 8.38. The van der Waals surface area contributed by atoms with Crippen LogP contribution in [0.15, 0.2) is 64.3 Å². The Balaban J connectivity index is 1.59. The summed E-state index contributed by atoms with van der Waals surface area (Å²) in [6.07, 6.45) is 1.49. The van der Waals surface area contributed by atoms with Crippen molar-refractivity contribution in [3.05, 3.63) is 92.5 Å². The van der Waals surface area contributed by atoms with E-state index in [1.54, 1.807) is 41.3 Å². The van der Waals surface area contributed by atoms with Gasteiger partial charge in [-0.1, -0.05) is 18.2 Å². The van der Waals surface area contributed by atoms with E-state index in [1.807, 2.05) is 0 Å². The number of amides is 1. The molecular formula is C30H26F3N5O4. The van der Waals surface area contributed by atoms with E-state index in [9.17, 15) is 28.4 Å². The van der Waals surface area contributed by atoms with Gasteiger partial charge in [0.25, 0.3) is 5.56 Å². The Hall–Kier alpha value is -4.92. The van der Waals surface area contributed by atoms with Gasteiger partial charge in [-0.3, -0.25) is 23.7 Å². The second kappa shape index (κ2) is 12.3. The molecular weight excluding hydrogens is 551 g/mol. The topological polar surface area (TPSA) is 110 Å². The molecule has 0 atom stereocenters. The average molecular weight is 578 g/mol. The van der Waals surface area contributed by atoms with Crippen LogP contribution in [-0.4, -0.2) is 58.0 Å². The number of pyridine rings is 1. The van der Waals surface area contributed by atoms with Crippen molar-refractivity contribution in [2.75, 3.05) is 26.4 Å². The van der Waals surface area contributed by atoms with Gasteiger partial charge in [0.2, 0.25) is 6.41 Å². The summed E-state index contributed by atoms with van der Waals surface area (Å²) in [6, 6.07) is 14.0. The van der Waals surface area contributed by atoms with E-state index in [0.717, 1.165) is 28.7 Å². The van der Waals surface area contributed by atoms with Gasteiger partial charge < -0.3 is 9.64 Å². The summed E-state index contributed by atoms with van der Waals surface area (Å²) in [6.45, 7) is -1.80. The molecule has 1 aliphatic rings. The summed E-state index contributed by atoms with van der Waals surface area (Å²) in [7, 11) is 0. The summed E-state index contributed by atoms with van der Waals surface area (Å²) in [5.74, 6) is -1.47. The lowest BCUT2D eigenvalue weighted by Gasteiger charge is -2.31. The molecule has 42 heavy (non-hydrogen) atoms. The van der Waals surface area contributed by atoms with Gasteiger partial charge in [0.1, 0.15) is 13.3 Å². The third-order valence-corrected chi connectivity index (χ3v) is 7.33. The van der Waals surface area contributed by atoms with Crippen LogP contribution in [0.3, 0.4) is 0 Å². The molecule has 9 nitrogen and oxygen atoms in total. The van der Waals surface area contributed by atoms with Gasteiger partial charge >= 0.3 is 5.69 Å². The highest BCUT2D eigenvalue weighted by molar-refractivity contribution is 5.80. The number of nitrogens with zero attached hydrogens (tertiary/aromatic N) is 5. The minimum Gasteiger partial charge on any atom is -0.482 e. The summed E-state index contributed by atoms with van der Waals surface area (Å²) < 4.78 is 48.8. The number of aromatic nitrogens is 3. The average Bonchev–Trinajstić information content (AvgIpc) is 3.03. The van der Waals surface area contributed by atoms with E-state index in [1.165, 1.54) is 10.8 Å². The maximum atomic E-state index is 15.1. The van der Waals surface area contributed by atoms with E-state index in [2.05, 4.69) is 11.1 Å². The fourth-order valence-corrected chi connectivity index (χ4v) is 5.11. The second-order valence-corrected chi connectivity index (χ2v) is 10.0. The molecule has 0 spiro atoms. The van der Waals surface area contributed by atoms with Crippen molar-refractivity contribution in [3.63, 3.8) is 0 Å². The zero-order chi connectivity index (χ0) is 29.8. The number of carbonyl (C=O) groups excluding carboxylic acids is 1. The van der Waals surface area contributed by atoms with Crippen molar-refractivity contribution in [2.45, 2.75) is 31.5 Å². The van der Waals surface area contributed by atoms with Crippen molar-refractivity contribution in [1.82, 2.24) is 19.0 Å². The Morgan fingerprint density at radius 2 is 1.86 bits per heavy atom. The number of carbonyl (C=O) groups is 1. The summed E-state index contributed by atoms with van der Waals surface area (Å²) in [4.78, 5) is 44.7. The van der Waals surface area contributed by atoms with Crippen LogP contribution in [0.25, 0.3) is 22.2 Å². The first-order valence-corrected chi connectivity index (χ1v) is 13.3. The Morgan fingerprint density at radius 3 is 2.50 bits per heavy atom. The molecule has 0 saturated carbocycles. The first kappa shape index (κ1) is 28.6. The SMILES string of the molecule is N#Cc1cccc(-c2ccc(Cn3c(=O)c4cc(OC(CF)CF)c(F)cc4n(C4CCN(C=O)CC4)c3=O)cn2)c1. The molecule has 5 rings (SSSR count). The van der Waals surface area contributed by atoms with Crippen LogP contribution in [-0.2, 0) is 11.3 Å². The van der Waals surface area contributed by atoms with Gasteiger partial charge in [-0.25, -0.2) is 18.0 Å². The molecule has 216 valence electrons. The Bertz CT molecular complexity index is 1770. The fraction of sp³-hybridized carbons (Fsp3) is 0.300. The summed E-state index contributed by atoms with van der Waals surface area (Å²) >= 11 is 0. The Labute approximate surface area is 238 Å². The largest absolute Gasteiger partial charge is 0.482 e. The number of rotatable bonds is 9. The molecule has 1 amide bonds. The van der Waals surface area contributed by atoms with Crippen LogP contribution < -0.4 is 16.0 Å². The fourth-order valence-electron chi connectivity index (χ4n) is 5.11. The maximum Gasteiger partial charge on any atom is 0.332 e. The number of halogens is 3. The standard InChI is InChI=1S/C30H26F3N5O4/c31-13-23(14-32)42-28-11-24-27(12-25(28)33)38(22-6-8-36(18-39)9-7-22)30(41)37(29(24)40)17-20-4-5-26(35-16-20)21-3-1-2-19(10-21)15-34/h1-5,10-12,16,18,22-23H,6-9,13-14,17H2. The second-order valence-electron chi connectivity index (χ2n) is 10.0. The normalized spacial score (nSPS) is 13.8. The van der Waals surface area contributed by atoms with Gasteiger partial charge in [0.05, 0.1) is 34.8 Å². The van der Waals surface area contributed by atoms with E-state index in [4.69, 9.17) is 4.74 Å². The number of likely N-dealkylation sites (tertiary alicyclic amines) is 1. The van der Waals surface area contributed by atoms with Crippen LogP contribution in [0.2, 0.25) is 0 Å². The first-order valence-electron chi connectivity index (χ1n) is 13.3. The summed E-state index contributed by atoms with van der Waals surface area (Å²) in [5, 5.41) is 9.12. The van der Waals surface area contributed by atoms with Gasteiger partial charge in [0.15, 0.2) is 17.7 Å². The lowest BCUT2D eigenvalue weighted by atomic mass is 10.0. The highest BCUT2D eigenvalue weighted by atomic mass is 19.1. The molecule has 0 N–H and O–H groups in total. The van der Waals surface area contributed by atoms with E-state index < -0.39 is 48.3 Å². The molecule has 2 aromatic heterocycles. The molecule has 0 radical (unpaired) electrons. The Morgan fingerprint density at radius 1 is 1.10 bits per heavy atom. The first-order chi connectivity index (χ1) is 20.4. The smallest absolute Gasteiger partial charge is 0.332 e. The minimum absolute atomic E-state index is 0.0264. The van der Waals surface area contributed by atoms with Crippen LogP contribution >= 0.6 is 0 Å². The molecule has 0 bridgehead atoms. The quantitative estimate of drug-likeness (QED) is 0.280. The van der Waals surface area contributed by atoms with Gasteiger partial charge in [-0.2, -0.15) is 5.26 Å². The molecule has 1 aliphatic heterocycles. The van der Waals surface area contributed by atoms with Crippen molar-refractivity contribution < 1.29 is 22.7 Å². The summed E-state index contributed by atoms with van der Waals surface area (Å²) in [5.41, 5.74) is 0.953. The lowest BCUT2D eigenvalue weighted by molar-refractivity contribution is -0.119. The lowest BCUT2D eigenvalue weighted by Crippen LogP contribution is -2.44. The number of hydrogen-bond acceptors (Lipinski definition) is 6. The number of ether oxygens (including phenoxy) is 1. The van der Waals surface area contributed by atoms with Crippen LogP contribution in [0.1, 0.15) is 30.0 Å². The van der Waals surface area contributed by atoms with Crippen LogP contribution in [0.5, 0.6) is 5.75 Å². The van der Waals surface area contributed by atoms with Gasteiger partial charge in [-0.15, -0.1) is 0 Å². The number of hydrogen-bond donors (Lipinski definition) is 0. The van der Waals surface area contributed by atoms with Gasteiger partial charge in [-0.05, 0) is 42.7 Å². The molecule has 4 aromatic rings. The molecule has 3 heterocycles. The zero-order valence-electron chi connectivity index (χ0n) is 22.4. The van der Waals surface area contributed by atoms with E-state index in [-0.39, 0.29) is 17.4 Å². The third-order valence-electron chi connectivity index (χ3n) is 7.33. The van der Waals surface area contributed by atoms with Crippen molar-refractivity contribution in [3.8, 4) is 23.1 Å². The number of alkyl halides is 2. The number of fused-ring (bicyclic) bond motifs is 1. The zero-order valence-corrected chi connectivity index (χ0v) is 22.4. The number of piperidine rings is 1.